The molecular formula is C23H37N5O. The third kappa shape index (κ3) is 5.52. The number of allylic oxidation sites excluding steroid dienone is 3. The van der Waals surface area contributed by atoms with Gasteiger partial charge in [0.25, 0.3) is 0 Å². The second kappa shape index (κ2) is 10.6. The molecule has 6 heteroatoms. The van der Waals surface area contributed by atoms with Gasteiger partial charge in [-0.3, -0.25) is 15.0 Å². The standard InChI is InChI=1S/C23H37N5O/c1-4-11-28(20-9-10-25-22(15-20)24-3)23-18(5-2)14-19(16-26-23)21(29)17-27-12-7-6-8-13-27/h9-10,14-15,22,24-26H,4-8,11-13,16-17H2,1-3H3. The summed E-state index contributed by atoms with van der Waals surface area (Å²) in [6.45, 7) is 8.58. The van der Waals surface area contributed by atoms with E-state index in [4.69, 9.17) is 0 Å². The lowest BCUT2D eigenvalue weighted by Crippen LogP contribution is -2.42. The van der Waals surface area contributed by atoms with Crippen LogP contribution in [0.5, 0.6) is 0 Å². The molecule has 1 fully saturated rings. The smallest absolute Gasteiger partial charge is 0.174 e. The molecule has 6 nitrogen and oxygen atoms in total. The second-order valence-corrected chi connectivity index (χ2v) is 8.02. The highest BCUT2D eigenvalue weighted by Crippen LogP contribution is 2.25. The molecule has 3 aliphatic rings. The monoisotopic (exact) mass is 399 g/mol. The molecular weight excluding hydrogens is 362 g/mol. The first-order chi connectivity index (χ1) is 14.2. The first-order valence-electron chi connectivity index (χ1n) is 11.2. The maximum Gasteiger partial charge on any atom is 0.174 e. The van der Waals surface area contributed by atoms with Crippen LogP contribution in [0.25, 0.3) is 0 Å². The molecule has 0 saturated carbocycles. The molecule has 0 amide bonds. The number of rotatable bonds is 9. The van der Waals surface area contributed by atoms with Crippen molar-refractivity contribution >= 4 is 5.78 Å². The third-order valence-electron chi connectivity index (χ3n) is 5.86. The third-order valence-corrected chi connectivity index (χ3v) is 5.86. The number of piperidine rings is 1. The van der Waals surface area contributed by atoms with Gasteiger partial charge in [0.15, 0.2) is 5.78 Å². The number of carbonyl (C=O) groups excluding carboxylic acids is 1. The lowest BCUT2D eigenvalue weighted by atomic mass is 10.0. The molecule has 0 bridgehead atoms. The summed E-state index contributed by atoms with van der Waals surface area (Å²) < 4.78 is 0. The van der Waals surface area contributed by atoms with Crippen molar-refractivity contribution < 1.29 is 4.79 Å². The van der Waals surface area contributed by atoms with Crippen LogP contribution in [0.15, 0.2) is 47.1 Å². The zero-order valence-electron chi connectivity index (χ0n) is 18.3. The van der Waals surface area contributed by atoms with Crippen LogP contribution in [0.3, 0.4) is 0 Å². The number of hydrogen-bond donors (Lipinski definition) is 3. The van der Waals surface area contributed by atoms with E-state index in [0.717, 1.165) is 43.9 Å². The summed E-state index contributed by atoms with van der Waals surface area (Å²) >= 11 is 0. The number of dihydropyridines is 2. The molecule has 3 aliphatic heterocycles. The molecule has 0 aromatic rings. The maximum absolute atomic E-state index is 12.9. The minimum absolute atomic E-state index is 0.126. The van der Waals surface area contributed by atoms with Crippen molar-refractivity contribution in [2.75, 3.05) is 39.8 Å². The summed E-state index contributed by atoms with van der Waals surface area (Å²) in [7, 11) is 1.95. The van der Waals surface area contributed by atoms with Crippen LogP contribution < -0.4 is 16.0 Å². The van der Waals surface area contributed by atoms with Gasteiger partial charge in [-0.05, 0) is 75.8 Å². The SMILES string of the molecule is CCCN(C1=CC(NC)NC=C1)C1=C(CC)C=C(C(=O)CN2CCCCC2)CN1. The number of carbonyl (C=O) groups is 1. The Labute approximate surface area is 175 Å². The first-order valence-corrected chi connectivity index (χ1v) is 11.2. The number of hydrogen-bond acceptors (Lipinski definition) is 6. The predicted octanol–water partition coefficient (Wildman–Crippen LogP) is 2.45. The fraction of sp³-hybridized carbons (Fsp3) is 0.609. The summed E-state index contributed by atoms with van der Waals surface area (Å²) in [5, 5.41) is 10.1. The molecule has 1 saturated heterocycles. The molecule has 1 unspecified atom stereocenters. The Balaban J connectivity index is 1.80. The van der Waals surface area contributed by atoms with E-state index in [9.17, 15) is 4.79 Å². The van der Waals surface area contributed by atoms with Crippen LogP contribution in [0.1, 0.15) is 46.0 Å². The van der Waals surface area contributed by atoms with E-state index >= 15 is 0 Å². The fourth-order valence-electron chi connectivity index (χ4n) is 4.21. The zero-order valence-corrected chi connectivity index (χ0v) is 18.3. The molecule has 0 aliphatic carbocycles. The Bertz CT molecular complexity index is 700. The minimum atomic E-state index is 0.126. The van der Waals surface area contributed by atoms with Crippen molar-refractivity contribution in [2.24, 2.45) is 0 Å². The molecule has 1 atom stereocenters. The molecule has 3 rings (SSSR count). The average molecular weight is 400 g/mol. The van der Waals surface area contributed by atoms with E-state index < -0.39 is 0 Å². The van der Waals surface area contributed by atoms with E-state index in [2.05, 4.69) is 57.8 Å². The summed E-state index contributed by atoms with van der Waals surface area (Å²) in [5.41, 5.74) is 3.30. The van der Waals surface area contributed by atoms with Crippen molar-refractivity contribution in [3.63, 3.8) is 0 Å². The van der Waals surface area contributed by atoms with Crippen molar-refractivity contribution in [1.29, 1.82) is 0 Å². The van der Waals surface area contributed by atoms with E-state index in [1.165, 1.54) is 30.5 Å². The van der Waals surface area contributed by atoms with Gasteiger partial charge in [-0.1, -0.05) is 20.3 Å². The Morgan fingerprint density at radius 1 is 1.28 bits per heavy atom. The number of nitrogens with zero attached hydrogens (tertiary/aromatic N) is 2. The lowest BCUT2D eigenvalue weighted by Gasteiger charge is -2.35. The highest BCUT2D eigenvalue weighted by Gasteiger charge is 2.24. The number of likely N-dealkylation sites (tertiary alicyclic amines) is 1. The summed E-state index contributed by atoms with van der Waals surface area (Å²) in [4.78, 5) is 17.5. The molecule has 0 aromatic carbocycles. The second-order valence-electron chi connectivity index (χ2n) is 8.02. The van der Waals surface area contributed by atoms with Crippen LogP contribution >= 0.6 is 0 Å². The van der Waals surface area contributed by atoms with Gasteiger partial charge in [0, 0.05) is 24.4 Å². The summed E-state index contributed by atoms with van der Waals surface area (Å²) in [6, 6.07) is 0. The van der Waals surface area contributed by atoms with Gasteiger partial charge < -0.3 is 15.5 Å². The van der Waals surface area contributed by atoms with Crippen LogP contribution in [-0.2, 0) is 4.79 Å². The molecule has 3 N–H and O–H groups in total. The number of Topliss-reactive ketones (excluding diaryl/α,β-unsaturated/α-hetero) is 1. The van der Waals surface area contributed by atoms with Gasteiger partial charge in [0.05, 0.1) is 12.7 Å². The summed E-state index contributed by atoms with van der Waals surface area (Å²) in [5.74, 6) is 1.40. The van der Waals surface area contributed by atoms with Crippen LogP contribution in [0.2, 0.25) is 0 Å². The molecule has 0 aromatic heterocycles. The van der Waals surface area contributed by atoms with Crippen molar-refractivity contribution in [1.82, 2.24) is 25.8 Å². The lowest BCUT2D eigenvalue weighted by molar-refractivity contribution is -0.117. The van der Waals surface area contributed by atoms with Crippen molar-refractivity contribution in [3.8, 4) is 0 Å². The molecule has 29 heavy (non-hydrogen) atoms. The van der Waals surface area contributed by atoms with Gasteiger partial charge in [0.1, 0.15) is 5.82 Å². The van der Waals surface area contributed by atoms with Crippen molar-refractivity contribution in [3.05, 3.63) is 47.1 Å². The summed E-state index contributed by atoms with van der Waals surface area (Å²) in [6.07, 6.45) is 14.3. The minimum Gasteiger partial charge on any atom is -0.372 e. The van der Waals surface area contributed by atoms with Gasteiger partial charge >= 0.3 is 0 Å². The van der Waals surface area contributed by atoms with Crippen LogP contribution in [-0.4, -0.2) is 61.5 Å². The normalized spacial score (nSPS) is 22.5. The van der Waals surface area contributed by atoms with Gasteiger partial charge in [-0.15, -0.1) is 0 Å². The highest BCUT2D eigenvalue weighted by molar-refractivity contribution is 5.98. The molecule has 0 radical (unpaired) electrons. The topological polar surface area (TPSA) is 59.6 Å². The van der Waals surface area contributed by atoms with Crippen molar-refractivity contribution in [2.45, 2.75) is 52.1 Å². The predicted molar refractivity (Wildman–Crippen MR) is 119 cm³/mol. The highest BCUT2D eigenvalue weighted by atomic mass is 16.1. The Morgan fingerprint density at radius 3 is 2.76 bits per heavy atom. The Morgan fingerprint density at radius 2 is 2.07 bits per heavy atom. The number of nitrogens with one attached hydrogen (secondary N) is 3. The molecule has 0 spiro atoms. The largest absolute Gasteiger partial charge is 0.372 e. The average Bonchev–Trinajstić information content (AvgIpc) is 2.77. The first kappa shape index (κ1) is 21.7. The quantitative estimate of drug-likeness (QED) is 0.554. The number of ketones is 1. The fourth-order valence-corrected chi connectivity index (χ4v) is 4.21. The van der Waals surface area contributed by atoms with E-state index in [0.29, 0.717) is 13.1 Å². The van der Waals surface area contributed by atoms with Gasteiger partial charge in [-0.2, -0.15) is 0 Å². The van der Waals surface area contributed by atoms with Gasteiger partial charge in [-0.25, -0.2) is 0 Å². The molecule has 3 heterocycles. The Hall–Kier alpha value is -2.05. The number of likely N-dealkylation sites (N-methyl/N-ethyl adjacent to an activating group) is 1. The maximum atomic E-state index is 12.9. The Kier molecular flexibility index (Phi) is 7.95. The van der Waals surface area contributed by atoms with Crippen LogP contribution in [0.4, 0.5) is 0 Å². The van der Waals surface area contributed by atoms with E-state index in [-0.39, 0.29) is 11.9 Å². The van der Waals surface area contributed by atoms with E-state index in [1.54, 1.807) is 0 Å². The van der Waals surface area contributed by atoms with E-state index in [1.807, 2.05) is 13.2 Å². The van der Waals surface area contributed by atoms with Gasteiger partial charge in [0.2, 0.25) is 0 Å². The van der Waals surface area contributed by atoms with Crippen LogP contribution in [0, 0.1) is 0 Å². The zero-order chi connectivity index (χ0) is 20.6. The molecule has 160 valence electrons.